The lowest BCUT2D eigenvalue weighted by atomic mass is 10.2. The van der Waals surface area contributed by atoms with Gasteiger partial charge in [0, 0.05) is 62.8 Å². The Kier molecular flexibility index (Phi) is 14.0. The number of nitrogens with one attached hydrogen (secondary N) is 2. The minimum atomic E-state index is -0.420. The van der Waals surface area contributed by atoms with Crippen LogP contribution in [0.4, 0.5) is 5.69 Å². The summed E-state index contributed by atoms with van der Waals surface area (Å²) in [6.45, 7) is 8.06. The van der Waals surface area contributed by atoms with Crippen molar-refractivity contribution < 1.29 is 14.3 Å². The normalized spacial score (nSPS) is 15.7. The average molecular weight is 536 g/mol. The van der Waals surface area contributed by atoms with Gasteiger partial charge in [-0.25, -0.2) is 9.98 Å². The number of carbonyl (C=O) groups is 2. The molecule has 1 aromatic heterocycles. The van der Waals surface area contributed by atoms with E-state index in [0.717, 1.165) is 18.5 Å². The van der Waals surface area contributed by atoms with E-state index in [9.17, 15) is 9.59 Å². The van der Waals surface area contributed by atoms with Crippen LogP contribution in [0.25, 0.3) is 0 Å². The smallest absolute Gasteiger partial charge is 0.246 e. The number of ether oxygens (including phenoxy) is 1. The number of aliphatic imine (C=N–C) groups is 2. The number of likely N-dealkylation sites (tertiary alicyclic amines) is 1. The Morgan fingerprint density at radius 2 is 2.21 bits per heavy atom. The van der Waals surface area contributed by atoms with E-state index in [1.165, 1.54) is 0 Å². The maximum Gasteiger partial charge on any atom is 0.246 e. The molecule has 2 N–H and O–H groups in total. The van der Waals surface area contributed by atoms with Gasteiger partial charge in [-0.3, -0.25) is 14.6 Å². The molecule has 210 valence electrons. The standard InChI is InChI=1S/C29H41N7O3/c1-6-16-32-28(30-2)23(22-34-24-15-18-31-26(21-24)39-5)12-8-7-9-17-33-29(38)25-13-10-20-36(25)27(37)14-11-19-35(3)4/h11,14-15,18,21-22,25H,2,6-7,9-10,13,16-17,19-20H2,1,3-5H3,(H,31,34)(H,33,38)/b14-11+,23-22?,32-28?. The number of likely N-dealkylation sites (N-methyl/N-ethyl adjacent to an activating group) is 1. The molecular weight excluding hydrogens is 494 g/mol. The van der Waals surface area contributed by atoms with Crippen LogP contribution in [0.1, 0.15) is 39.0 Å². The fraction of sp³-hybridized carbons (Fsp3) is 0.483. The summed E-state index contributed by atoms with van der Waals surface area (Å²) in [6, 6.07) is 3.17. The molecule has 10 heteroatoms. The van der Waals surface area contributed by atoms with E-state index in [4.69, 9.17) is 4.74 Å². The van der Waals surface area contributed by atoms with Crippen molar-refractivity contribution in [3.63, 3.8) is 0 Å². The second-order valence-corrected chi connectivity index (χ2v) is 9.20. The van der Waals surface area contributed by atoms with E-state index in [-0.39, 0.29) is 11.8 Å². The summed E-state index contributed by atoms with van der Waals surface area (Å²) in [4.78, 5) is 41.5. The molecule has 0 radical (unpaired) electrons. The zero-order valence-corrected chi connectivity index (χ0v) is 23.6. The number of rotatable bonds is 13. The van der Waals surface area contributed by atoms with Crippen molar-refractivity contribution in [2.24, 2.45) is 9.98 Å². The first-order valence-corrected chi connectivity index (χ1v) is 13.3. The molecule has 0 bridgehead atoms. The second kappa shape index (κ2) is 17.5. The highest BCUT2D eigenvalue weighted by atomic mass is 16.5. The number of anilines is 1. The van der Waals surface area contributed by atoms with Crippen LogP contribution in [0.15, 0.2) is 52.2 Å². The van der Waals surface area contributed by atoms with Gasteiger partial charge in [0.15, 0.2) is 5.84 Å². The first-order valence-electron chi connectivity index (χ1n) is 13.3. The Bertz CT molecular complexity index is 1120. The summed E-state index contributed by atoms with van der Waals surface area (Å²) >= 11 is 0. The monoisotopic (exact) mass is 535 g/mol. The summed E-state index contributed by atoms with van der Waals surface area (Å²) in [5.74, 6) is 7.01. The number of aromatic nitrogens is 1. The molecule has 1 fully saturated rings. The van der Waals surface area contributed by atoms with Crippen molar-refractivity contribution in [1.29, 1.82) is 0 Å². The highest BCUT2D eigenvalue weighted by Gasteiger charge is 2.32. The van der Waals surface area contributed by atoms with Crippen molar-refractivity contribution in [3.05, 3.63) is 42.3 Å². The third kappa shape index (κ3) is 11.1. The topological polar surface area (TPSA) is 112 Å². The maximum absolute atomic E-state index is 12.7. The van der Waals surface area contributed by atoms with Crippen LogP contribution < -0.4 is 15.4 Å². The molecule has 0 aliphatic carbocycles. The van der Waals surface area contributed by atoms with Crippen molar-refractivity contribution in [3.8, 4) is 17.7 Å². The molecule has 39 heavy (non-hydrogen) atoms. The number of nitrogens with zero attached hydrogens (tertiary/aromatic N) is 5. The minimum absolute atomic E-state index is 0.114. The van der Waals surface area contributed by atoms with Gasteiger partial charge < -0.3 is 25.2 Å². The Hall–Kier alpha value is -3.97. The van der Waals surface area contributed by atoms with Crippen LogP contribution in [0.3, 0.4) is 0 Å². The molecule has 2 heterocycles. The number of pyridine rings is 1. The molecular formula is C29H41N7O3. The van der Waals surface area contributed by atoms with E-state index in [0.29, 0.717) is 62.7 Å². The molecule has 0 saturated carbocycles. The van der Waals surface area contributed by atoms with Gasteiger partial charge in [-0.2, -0.15) is 0 Å². The lowest BCUT2D eigenvalue weighted by Crippen LogP contribution is -2.45. The number of hydrogen-bond donors (Lipinski definition) is 2. The summed E-state index contributed by atoms with van der Waals surface area (Å²) in [7, 11) is 5.44. The Morgan fingerprint density at radius 3 is 2.92 bits per heavy atom. The average Bonchev–Trinajstić information content (AvgIpc) is 3.43. The molecule has 1 atom stereocenters. The van der Waals surface area contributed by atoms with Gasteiger partial charge in [-0.05, 0) is 52.6 Å². The van der Waals surface area contributed by atoms with Crippen molar-refractivity contribution in [2.45, 2.75) is 45.1 Å². The molecule has 1 aliphatic heterocycles. The Labute approximate surface area is 232 Å². The van der Waals surface area contributed by atoms with Crippen LogP contribution in [0, 0.1) is 11.8 Å². The third-order valence-corrected chi connectivity index (χ3v) is 5.77. The van der Waals surface area contributed by atoms with E-state index in [1.54, 1.807) is 36.5 Å². The van der Waals surface area contributed by atoms with Crippen molar-refractivity contribution in [1.82, 2.24) is 20.1 Å². The van der Waals surface area contributed by atoms with E-state index in [2.05, 4.69) is 44.2 Å². The van der Waals surface area contributed by atoms with Crippen molar-refractivity contribution in [2.75, 3.05) is 52.7 Å². The van der Waals surface area contributed by atoms with Gasteiger partial charge >= 0.3 is 0 Å². The van der Waals surface area contributed by atoms with Gasteiger partial charge in [0.2, 0.25) is 17.7 Å². The molecule has 1 aliphatic rings. The van der Waals surface area contributed by atoms with Crippen LogP contribution in [-0.4, -0.2) is 92.6 Å². The van der Waals surface area contributed by atoms with Crippen LogP contribution in [-0.2, 0) is 9.59 Å². The lowest BCUT2D eigenvalue weighted by Gasteiger charge is -2.22. The summed E-state index contributed by atoms with van der Waals surface area (Å²) in [6.07, 6.45) is 10.4. The highest BCUT2D eigenvalue weighted by Crippen LogP contribution is 2.18. The first kappa shape index (κ1) is 31.2. The maximum atomic E-state index is 12.7. The number of carbonyl (C=O) groups excluding carboxylic acids is 2. The summed E-state index contributed by atoms with van der Waals surface area (Å²) < 4.78 is 5.17. The number of amidine groups is 1. The molecule has 0 spiro atoms. The Morgan fingerprint density at radius 1 is 1.38 bits per heavy atom. The van der Waals surface area contributed by atoms with Gasteiger partial charge in [0.05, 0.1) is 12.7 Å². The highest BCUT2D eigenvalue weighted by molar-refractivity contribution is 6.04. The Balaban J connectivity index is 1.93. The zero-order valence-electron chi connectivity index (χ0n) is 23.6. The quantitative estimate of drug-likeness (QED) is 0.132. The van der Waals surface area contributed by atoms with Gasteiger partial charge in [-0.15, -0.1) is 0 Å². The van der Waals surface area contributed by atoms with E-state index in [1.807, 2.05) is 38.1 Å². The van der Waals surface area contributed by atoms with Crippen LogP contribution >= 0.6 is 0 Å². The summed E-state index contributed by atoms with van der Waals surface area (Å²) in [5, 5.41) is 6.15. The predicted octanol–water partition coefficient (Wildman–Crippen LogP) is 2.90. The van der Waals surface area contributed by atoms with Gasteiger partial charge in [0.1, 0.15) is 6.04 Å². The third-order valence-electron chi connectivity index (χ3n) is 5.77. The molecule has 10 nitrogen and oxygen atoms in total. The number of methoxy groups -OCH3 is 1. The largest absolute Gasteiger partial charge is 0.481 e. The molecule has 1 unspecified atom stereocenters. The number of unbranched alkanes of at least 4 members (excludes halogenated alkanes) is 1. The molecule has 2 amide bonds. The summed E-state index contributed by atoms with van der Waals surface area (Å²) in [5.41, 5.74) is 1.40. The SMILES string of the molecule is C=NC(=NCCC)C(C#CCCCNC(=O)C1CCCN1C(=O)/C=C/CN(C)C)=CNc1ccnc(OC)c1. The van der Waals surface area contributed by atoms with Gasteiger partial charge in [-0.1, -0.05) is 24.8 Å². The minimum Gasteiger partial charge on any atom is -0.481 e. The fourth-order valence-corrected chi connectivity index (χ4v) is 3.79. The van der Waals surface area contributed by atoms with Crippen LogP contribution in [0.5, 0.6) is 5.88 Å². The molecule has 1 saturated heterocycles. The lowest BCUT2D eigenvalue weighted by molar-refractivity contribution is -0.135. The predicted molar refractivity (Wildman–Crippen MR) is 157 cm³/mol. The van der Waals surface area contributed by atoms with E-state index < -0.39 is 6.04 Å². The van der Waals surface area contributed by atoms with Crippen LogP contribution in [0.2, 0.25) is 0 Å². The number of amides is 2. The molecule has 0 aromatic carbocycles. The van der Waals surface area contributed by atoms with Crippen molar-refractivity contribution >= 4 is 30.1 Å². The number of hydrogen-bond acceptors (Lipinski definition) is 7. The molecule has 2 rings (SSSR count). The molecule has 1 aromatic rings. The zero-order chi connectivity index (χ0) is 28.5. The first-order chi connectivity index (χ1) is 18.9. The second-order valence-electron chi connectivity index (χ2n) is 9.20. The van der Waals surface area contributed by atoms with Gasteiger partial charge in [0.25, 0.3) is 0 Å². The fourth-order valence-electron chi connectivity index (χ4n) is 3.79. The van der Waals surface area contributed by atoms with E-state index >= 15 is 0 Å².